The van der Waals surface area contributed by atoms with Crippen molar-refractivity contribution in [3.8, 4) is 0 Å². The Bertz CT molecular complexity index is 730. The van der Waals surface area contributed by atoms with Gasteiger partial charge in [-0.2, -0.15) is 0 Å². The van der Waals surface area contributed by atoms with Gasteiger partial charge < -0.3 is 9.80 Å². The molecule has 118 valence electrons. The zero-order chi connectivity index (χ0) is 15.9. The van der Waals surface area contributed by atoms with Crippen molar-refractivity contribution in [3.63, 3.8) is 0 Å². The van der Waals surface area contributed by atoms with Crippen LogP contribution in [0.1, 0.15) is 17.7 Å². The molecule has 2 aromatic rings. The van der Waals surface area contributed by atoms with E-state index in [-0.39, 0.29) is 10.6 Å². The van der Waals surface area contributed by atoms with Gasteiger partial charge in [0.2, 0.25) is 5.82 Å². The minimum absolute atomic E-state index is 0.0797. The summed E-state index contributed by atoms with van der Waals surface area (Å²) in [6.45, 7) is 1.51. The smallest absolute Gasteiger partial charge is 0.338 e. The molecule has 1 aliphatic rings. The number of hydrogen-bond acceptors (Lipinski definition) is 4. The van der Waals surface area contributed by atoms with E-state index in [4.69, 9.17) is 0 Å². The molecule has 3 rings (SSSR count). The molecule has 0 atom stereocenters. The fraction of sp³-hybridized carbons (Fsp3) is 0.533. The molecule has 0 bridgehead atoms. The fourth-order valence-electron chi connectivity index (χ4n) is 2.94. The second-order valence-corrected chi connectivity index (χ2v) is 6.85. The molecule has 22 heavy (non-hydrogen) atoms. The lowest BCUT2D eigenvalue weighted by Crippen LogP contribution is -2.38. The van der Waals surface area contributed by atoms with Crippen LogP contribution in [-0.4, -0.2) is 53.3 Å². The van der Waals surface area contributed by atoms with Crippen molar-refractivity contribution in [2.75, 3.05) is 39.5 Å². The number of pyridine rings is 1. The summed E-state index contributed by atoms with van der Waals surface area (Å²) in [4.78, 5) is 11.1. The van der Waals surface area contributed by atoms with Crippen molar-refractivity contribution in [1.29, 1.82) is 0 Å². The van der Waals surface area contributed by atoms with Crippen LogP contribution in [0.2, 0.25) is 0 Å². The number of aryl methyl sites for hydroxylation is 2. The first kappa shape index (κ1) is 14.8. The summed E-state index contributed by atoms with van der Waals surface area (Å²) in [6.07, 6.45) is 3.05. The summed E-state index contributed by atoms with van der Waals surface area (Å²) in [6, 6.07) is 3.82. The quantitative estimate of drug-likeness (QED) is 0.520. The highest BCUT2D eigenvalue weighted by Crippen LogP contribution is 2.32. The van der Waals surface area contributed by atoms with E-state index in [1.807, 2.05) is 12.1 Å². The van der Waals surface area contributed by atoms with Crippen molar-refractivity contribution in [2.45, 2.75) is 19.3 Å². The molecule has 2 heterocycles. The van der Waals surface area contributed by atoms with Crippen LogP contribution in [0.5, 0.6) is 0 Å². The molecular formula is C15H22N5O2+. The zero-order valence-electron chi connectivity index (χ0n) is 13.3. The lowest BCUT2D eigenvalue weighted by atomic mass is 10.2. The van der Waals surface area contributed by atoms with Crippen molar-refractivity contribution in [2.24, 2.45) is 0 Å². The van der Waals surface area contributed by atoms with E-state index in [1.165, 1.54) is 5.56 Å². The van der Waals surface area contributed by atoms with Gasteiger partial charge in [-0.15, -0.1) is 5.10 Å². The number of rotatable bonds is 5. The highest BCUT2D eigenvalue weighted by molar-refractivity contribution is 5.77. The average Bonchev–Trinajstić information content (AvgIpc) is 2.98. The largest absolute Gasteiger partial charge is 0.357 e. The number of aromatic nitrogens is 2. The number of nitrogens with one attached hydrogen (secondary N) is 1. The van der Waals surface area contributed by atoms with Gasteiger partial charge in [0, 0.05) is 5.69 Å². The molecule has 2 aromatic heterocycles. The molecule has 1 N–H and O–H groups in total. The molecule has 0 aliphatic heterocycles. The molecule has 0 spiro atoms. The standard InChI is InChI=1S/C15H22N5O2/c1-20(2,3)10-9-16-15-14(19(21)22)13-8-7-11-5-4-6-12(11)18(13)17-15/h7-8H,4-6,9-10H2,1-3H3,(H,16,17)/q+1. The first-order valence-electron chi connectivity index (χ1n) is 7.59. The third-order valence-corrected chi connectivity index (χ3v) is 4.08. The van der Waals surface area contributed by atoms with Gasteiger partial charge in [-0.1, -0.05) is 6.07 Å². The van der Waals surface area contributed by atoms with Crippen LogP contribution >= 0.6 is 0 Å². The number of nitro groups is 1. The Hall–Kier alpha value is -2.15. The van der Waals surface area contributed by atoms with Crippen LogP contribution in [-0.2, 0) is 12.8 Å². The molecule has 0 aromatic carbocycles. The third kappa shape index (κ3) is 2.64. The van der Waals surface area contributed by atoms with E-state index >= 15 is 0 Å². The monoisotopic (exact) mass is 304 g/mol. The summed E-state index contributed by atoms with van der Waals surface area (Å²) in [5, 5.41) is 19.1. The Balaban J connectivity index is 1.99. The molecule has 0 amide bonds. The van der Waals surface area contributed by atoms with Crippen LogP contribution in [0.4, 0.5) is 11.5 Å². The number of fused-ring (bicyclic) bond motifs is 3. The molecule has 0 fully saturated rings. The second kappa shape index (κ2) is 5.24. The number of nitrogens with zero attached hydrogens (tertiary/aromatic N) is 4. The topological polar surface area (TPSA) is 72.5 Å². The van der Waals surface area contributed by atoms with Gasteiger partial charge in [0.25, 0.3) is 0 Å². The van der Waals surface area contributed by atoms with E-state index in [2.05, 4.69) is 31.6 Å². The summed E-state index contributed by atoms with van der Waals surface area (Å²) >= 11 is 0. The summed E-state index contributed by atoms with van der Waals surface area (Å²) < 4.78 is 2.55. The van der Waals surface area contributed by atoms with E-state index in [9.17, 15) is 10.1 Å². The van der Waals surface area contributed by atoms with E-state index < -0.39 is 0 Å². The average molecular weight is 304 g/mol. The number of likely N-dealkylation sites (N-methyl/N-ethyl adjacent to an activating group) is 1. The lowest BCUT2D eigenvalue weighted by Gasteiger charge is -2.23. The first-order chi connectivity index (χ1) is 10.4. The molecule has 0 unspecified atom stereocenters. The summed E-state index contributed by atoms with van der Waals surface area (Å²) in [5.74, 6) is 0.374. The number of anilines is 1. The minimum Gasteiger partial charge on any atom is -0.357 e. The normalized spacial score (nSPS) is 14.3. The van der Waals surface area contributed by atoms with Crippen LogP contribution in [0.25, 0.3) is 5.52 Å². The predicted octanol–water partition coefficient (Wildman–Crippen LogP) is 1.85. The van der Waals surface area contributed by atoms with Crippen molar-refractivity contribution in [3.05, 3.63) is 33.5 Å². The maximum Gasteiger partial charge on any atom is 0.338 e. The highest BCUT2D eigenvalue weighted by Gasteiger charge is 2.27. The molecule has 1 aliphatic carbocycles. The van der Waals surface area contributed by atoms with Crippen LogP contribution in [0.15, 0.2) is 12.1 Å². The predicted molar refractivity (Wildman–Crippen MR) is 85.3 cm³/mol. The fourth-order valence-corrected chi connectivity index (χ4v) is 2.94. The highest BCUT2D eigenvalue weighted by atomic mass is 16.6. The Morgan fingerprint density at radius 1 is 1.36 bits per heavy atom. The Labute approximate surface area is 129 Å². The molecule has 0 saturated heterocycles. The van der Waals surface area contributed by atoms with Gasteiger partial charge in [0.1, 0.15) is 5.52 Å². The number of hydrogen-bond donors (Lipinski definition) is 1. The van der Waals surface area contributed by atoms with Gasteiger partial charge >= 0.3 is 5.69 Å². The van der Waals surface area contributed by atoms with Crippen LogP contribution in [0, 0.1) is 10.1 Å². The maximum atomic E-state index is 11.5. The third-order valence-electron chi connectivity index (χ3n) is 4.08. The molecule has 7 nitrogen and oxygen atoms in total. The van der Waals surface area contributed by atoms with Crippen molar-refractivity contribution >= 4 is 17.0 Å². The number of quaternary nitrogens is 1. The van der Waals surface area contributed by atoms with Crippen LogP contribution < -0.4 is 5.32 Å². The van der Waals surface area contributed by atoms with Crippen LogP contribution in [0.3, 0.4) is 0 Å². The zero-order valence-corrected chi connectivity index (χ0v) is 13.3. The van der Waals surface area contributed by atoms with E-state index in [1.54, 1.807) is 4.52 Å². The Morgan fingerprint density at radius 2 is 2.14 bits per heavy atom. The SMILES string of the molecule is C[N+](C)(C)CCNc1nn2c3c(ccc2c1[N+](=O)[O-])CCC3. The molecular weight excluding hydrogens is 282 g/mol. The van der Waals surface area contributed by atoms with Gasteiger partial charge in [-0.3, -0.25) is 10.1 Å². The summed E-state index contributed by atoms with van der Waals surface area (Å²) in [5.41, 5.74) is 3.03. The molecule has 7 heteroatoms. The Morgan fingerprint density at radius 3 is 2.82 bits per heavy atom. The van der Waals surface area contributed by atoms with Crippen molar-refractivity contribution in [1.82, 2.24) is 9.61 Å². The lowest BCUT2D eigenvalue weighted by molar-refractivity contribution is -0.868. The molecule has 0 radical (unpaired) electrons. The summed E-state index contributed by atoms with van der Waals surface area (Å²) in [7, 11) is 6.27. The Kier molecular flexibility index (Phi) is 3.52. The van der Waals surface area contributed by atoms with Gasteiger partial charge in [-0.05, 0) is 30.9 Å². The van der Waals surface area contributed by atoms with Gasteiger partial charge in [0.05, 0.1) is 39.2 Å². The van der Waals surface area contributed by atoms with Gasteiger partial charge in [0.15, 0.2) is 0 Å². The van der Waals surface area contributed by atoms with E-state index in [0.717, 1.165) is 36.0 Å². The second-order valence-electron chi connectivity index (χ2n) is 6.85. The van der Waals surface area contributed by atoms with Gasteiger partial charge in [-0.25, -0.2) is 4.52 Å². The first-order valence-corrected chi connectivity index (χ1v) is 7.59. The van der Waals surface area contributed by atoms with E-state index in [0.29, 0.717) is 17.9 Å². The minimum atomic E-state index is -0.335. The maximum absolute atomic E-state index is 11.5. The van der Waals surface area contributed by atoms with Crippen molar-refractivity contribution < 1.29 is 9.41 Å². The molecule has 0 saturated carbocycles.